The van der Waals surface area contributed by atoms with Crippen molar-refractivity contribution in [3.05, 3.63) is 0 Å². The fourth-order valence-electron chi connectivity index (χ4n) is 2.41. The molecule has 0 saturated carbocycles. The molecule has 0 bridgehead atoms. The molecule has 18 heavy (non-hydrogen) atoms. The summed E-state index contributed by atoms with van der Waals surface area (Å²) in [6.45, 7) is 5.03. The van der Waals surface area contributed by atoms with E-state index in [0.717, 1.165) is 24.6 Å². The van der Waals surface area contributed by atoms with Gasteiger partial charge in [-0.05, 0) is 12.8 Å². The summed E-state index contributed by atoms with van der Waals surface area (Å²) in [5.41, 5.74) is 0. The van der Waals surface area contributed by atoms with Gasteiger partial charge in [0.1, 0.15) is 0 Å². The fraction of sp³-hybridized carbons (Fsp3) is 0.750. The molecule has 2 fully saturated rings. The van der Waals surface area contributed by atoms with Gasteiger partial charge < -0.3 is 4.90 Å². The summed E-state index contributed by atoms with van der Waals surface area (Å²) in [7, 11) is 0. The van der Waals surface area contributed by atoms with Crippen LogP contribution in [0.25, 0.3) is 0 Å². The van der Waals surface area contributed by atoms with Crippen LogP contribution in [0.4, 0.5) is 4.79 Å². The van der Waals surface area contributed by atoms with Gasteiger partial charge in [0.2, 0.25) is 11.8 Å². The smallest absolute Gasteiger partial charge is 0.289 e. The maximum atomic E-state index is 12.0. The van der Waals surface area contributed by atoms with Crippen LogP contribution in [0, 0.1) is 5.92 Å². The number of nitrogens with zero attached hydrogens (tertiary/aromatic N) is 2. The van der Waals surface area contributed by atoms with Crippen LogP contribution in [0.5, 0.6) is 0 Å². The molecule has 0 aromatic rings. The van der Waals surface area contributed by atoms with Crippen molar-refractivity contribution in [1.82, 2.24) is 9.80 Å². The largest absolute Gasteiger partial charge is 0.338 e. The minimum Gasteiger partial charge on any atom is -0.338 e. The summed E-state index contributed by atoms with van der Waals surface area (Å²) in [6.07, 6.45) is 1.68. The SMILES string of the molecule is CCC(CC)C(=O)N1CC(N2C(=O)CSC2=O)C1. The molecule has 2 rings (SSSR count). The Kier molecular flexibility index (Phi) is 3.94. The maximum absolute atomic E-state index is 12.0. The van der Waals surface area contributed by atoms with Crippen LogP contribution in [0.1, 0.15) is 26.7 Å². The Hall–Kier alpha value is -1.04. The average Bonchev–Trinajstić information content (AvgIpc) is 2.60. The highest BCUT2D eigenvalue weighted by Crippen LogP contribution is 2.27. The van der Waals surface area contributed by atoms with Crippen molar-refractivity contribution < 1.29 is 14.4 Å². The third kappa shape index (κ3) is 2.25. The van der Waals surface area contributed by atoms with Crippen molar-refractivity contribution in [3.8, 4) is 0 Å². The number of amides is 3. The van der Waals surface area contributed by atoms with Gasteiger partial charge in [-0.25, -0.2) is 0 Å². The van der Waals surface area contributed by atoms with E-state index in [0.29, 0.717) is 13.1 Å². The second kappa shape index (κ2) is 5.30. The zero-order chi connectivity index (χ0) is 13.3. The molecular weight excluding hydrogens is 252 g/mol. The van der Waals surface area contributed by atoms with Gasteiger partial charge >= 0.3 is 0 Å². The third-order valence-electron chi connectivity index (χ3n) is 3.66. The highest BCUT2D eigenvalue weighted by Gasteiger charge is 2.43. The summed E-state index contributed by atoms with van der Waals surface area (Å²) in [5.74, 6) is 0.355. The second-order valence-corrected chi connectivity index (χ2v) is 5.66. The van der Waals surface area contributed by atoms with Gasteiger partial charge in [0, 0.05) is 19.0 Å². The molecule has 0 atom stereocenters. The first-order valence-electron chi connectivity index (χ1n) is 6.36. The van der Waals surface area contributed by atoms with E-state index >= 15 is 0 Å². The van der Waals surface area contributed by atoms with Crippen LogP contribution in [0.15, 0.2) is 0 Å². The minimum atomic E-state index is -0.167. The second-order valence-electron chi connectivity index (χ2n) is 4.73. The molecule has 3 amide bonds. The van der Waals surface area contributed by atoms with Gasteiger partial charge in [-0.2, -0.15) is 0 Å². The van der Waals surface area contributed by atoms with E-state index in [2.05, 4.69) is 0 Å². The van der Waals surface area contributed by atoms with Gasteiger partial charge in [-0.3, -0.25) is 19.3 Å². The van der Waals surface area contributed by atoms with Crippen LogP contribution in [-0.2, 0) is 9.59 Å². The monoisotopic (exact) mass is 270 g/mol. The molecule has 6 heteroatoms. The van der Waals surface area contributed by atoms with E-state index in [1.165, 1.54) is 4.90 Å². The molecule has 0 radical (unpaired) electrons. The van der Waals surface area contributed by atoms with Gasteiger partial charge in [-0.15, -0.1) is 0 Å². The van der Waals surface area contributed by atoms with E-state index in [1.807, 2.05) is 13.8 Å². The lowest BCUT2D eigenvalue weighted by atomic mass is 9.98. The molecule has 2 aliphatic rings. The lowest BCUT2D eigenvalue weighted by Gasteiger charge is -2.43. The van der Waals surface area contributed by atoms with Crippen LogP contribution >= 0.6 is 11.8 Å². The predicted molar refractivity (Wildman–Crippen MR) is 69.1 cm³/mol. The van der Waals surface area contributed by atoms with Crippen molar-refractivity contribution >= 4 is 28.8 Å². The lowest BCUT2D eigenvalue weighted by Crippen LogP contribution is -2.63. The molecule has 0 N–H and O–H groups in total. The normalized spacial score (nSPS) is 20.8. The first-order valence-corrected chi connectivity index (χ1v) is 7.34. The zero-order valence-corrected chi connectivity index (χ0v) is 11.5. The summed E-state index contributed by atoms with van der Waals surface area (Å²) >= 11 is 1.05. The maximum Gasteiger partial charge on any atom is 0.289 e. The Morgan fingerprint density at radius 2 is 1.94 bits per heavy atom. The summed E-state index contributed by atoms with van der Waals surface area (Å²) in [5, 5.41) is -0.167. The van der Waals surface area contributed by atoms with Gasteiger partial charge in [0.25, 0.3) is 5.24 Å². The Morgan fingerprint density at radius 3 is 2.39 bits per heavy atom. The van der Waals surface area contributed by atoms with E-state index in [-0.39, 0.29) is 34.8 Å². The van der Waals surface area contributed by atoms with E-state index in [1.54, 1.807) is 4.90 Å². The highest BCUT2D eigenvalue weighted by atomic mass is 32.2. The fourth-order valence-corrected chi connectivity index (χ4v) is 3.19. The summed E-state index contributed by atoms with van der Waals surface area (Å²) < 4.78 is 0. The molecule has 100 valence electrons. The van der Waals surface area contributed by atoms with Gasteiger partial charge in [-0.1, -0.05) is 25.6 Å². The number of thioether (sulfide) groups is 1. The summed E-state index contributed by atoms with van der Waals surface area (Å²) in [4.78, 5) is 38.1. The van der Waals surface area contributed by atoms with Gasteiger partial charge in [0.15, 0.2) is 0 Å². The minimum absolute atomic E-state index is 0.0744. The Balaban J connectivity index is 1.89. The number of hydrogen-bond acceptors (Lipinski definition) is 4. The summed E-state index contributed by atoms with van der Waals surface area (Å²) in [6, 6.07) is -0.0988. The first kappa shape index (κ1) is 13.4. The highest BCUT2D eigenvalue weighted by molar-refractivity contribution is 8.14. The van der Waals surface area contributed by atoms with Crippen molar-refractivity contribution in [2.45, 2.75) is 32.7 Å². The van der Waals surface area contributed by atoms with Gasteiger partial charge in [0.05, 0.1) is 11.8 Å². The average molecular weight is 270 g/mol. The Labute approximate surface area is 111 Å². The third-order valence-corrected chi connectivity index (χ3v) is 4.49. The molecule has 2 heterocycles. The van der Waals surface area contributed by atoms with Crippen molar-refractivity contribution in [2.75, 3.05) is 18.8 Å². The molecule has 2 saturated heterocycles. The number of carbonyl (C=O) groups excluding carboxylic acids is 3. The number of imide groups is 1. The van der Waals surface area contributed by atoms with Crippen LogP contribution in [0.3, 0.4) is 0 Å². The first-order chi connectivity index (χ1) is 8.58. The molecule has 0 unspecified atom stereocenters. The van der Waals surface area contributed by atoms with E-state index in [4.69, 9.17) is 0 Å². The number of carbonyl (C=O) groups is 3. The van der Waals surface area contributed by atoms with Crippen LogP contribution in [0.2, 0.25) is 0 Å². The number of hydrogen-bond donors (Lipinski definition) is 0. The molecule has 5 nitrogen and oxygen atoms in total. The standard InChI is InChI=1S/C12H18N2O3S/c1-3-8(4-2)11(16)13-5-9(6-13)14-10(15)7-18-12(14)17/h8-9H,3-7H2,1-2H3. The van der Waals surface area contributed by atoms with Crippen molar-refractivity contribution in [3.63, 3.8) is 0 Å². The Bertz CT molecular complexity index is 360. The lowest BCUT2D eigenvalue weighted by molar-refractivity contribution is -0.145. The predicted octanol–water partition coefficient (Wildman–Crippen LogP) is 1.33. The quantitative estimate of drug-likeness (QED) is 0.773. The number of likely N-dealkylation sites (tertiary alicyclic amines) is 1. The van der Waals surface area contributed by atoms with Crippen LogP contribution < -0.4 is 0 Å². The topological polar surface area (TPSA) is 57.7 Å². The van der Waals surface area contributed by atoms with Crippen LogP contribution in [-0.4, -0.2) is 51.7 Å². The van der Waals surface area contributed by atoms with Crippen molar-refractivity contribution in [2.24, 2.45) is 5.92 Å². The molecule has 0 aromatic heterocycles. The zero-order valence-electron chi connectivity index (χ0n) is 10.7. The molecule has 2 aliphatic heterocycles. The van der Waals surface area contributed by atoms with E-state index < -0.39 is 0 Å². The molecular formula is C12H18N2O3S. The molecule has 0 aromatic carbocycles. The molecule has 0 spiro atoms. The Morgan fingerprint density at radius 1 is 1.33 bits per heavy atom. The molecule has 0 aliphatic carbocycles. The van der Waals surface area contributed by atoms with Crippen molar-refractivity contribution in [1.29, 1.82) is 0 Å². The van der Waals surface area contributed by atoms with E-state index in [9.17, 15) is 14.4 Å². The number of rotatable bonds is 4.